The highest BCUT2D eigenvalue weighted by molar-refractivity contribution is 5.97. The first-order valence-electron chi connectivity index (χ1n) is 7.37. The molecule has 6 nitrogen and oxygen atoms in total. The number of anilines is 1. The van der Waals surface area contributed by atoms with Gasteiger partial charge >= 0.3 is 0 Å². The summed E-state index contributed by atoms with van der Waals surface area (Å²) in [5.41, 5.74) is 7.90. The SMILES string of the molecule is CCCNC(=O)c1nc(-c2ccc(OC)c(OC)c2)ccc1N. The van der Waals surface area contributed by atoms with E-state index in [1.165, 1.54) is 0 Å². The van der Waals surface area contributed by atoms with Crippen molar-refractivity contribution >= 4 is 11.6 Å². The fraction of sp³-hybridized carbons (Fsp3) is 0.294. The lowest BCUT2D eigenvalue weighted by Gasteiger charge is -2.11. The van der Waals surface area contributed by atoms with Crippen LogP contribution in [0, 0.1) is 0 Å². The molecule has 0 saturated carbocycles. The summed E-state index contributed by atoms with van der Waals surface area (Å²) in [5.74, 6) is 0.958. The Hall–Kier alpha value is -2.76. The third kappa shape index (κ3) is 3.71. The van der Waals surface area contributed by atoms with Gasteiger partial charge in [0.15, 0.2) is 17.2 Å². The van der Waals surface area contributed by atoms with Gasteiger partial charge in [-0.1, -0.05) is 6.92 Å². The largest absolute Gasteiger partial charge is 0.493 e. The van der Waals surface area contributed by atoms with E-state index >= 15 is 0 Å². The summed E-state index contributed by atoms with van der Waals surface area (Å²) >= 11 is 0. The second-order valence-electron chi connectivity index (χ2n) is 4.96. The number of pyridine rings is 1. The quantitative estimate of drug-likeness (QED) is 0.855. The van der Waals surface area contributed by atoms with Crippen LogP contribution in [0.4, 0.5) is 5.69 Å². The van der Waals surface area contributed by atoms with Crippen molar-refractivity contribution < 1.29 is 14.3 Å². The van der Waals surface area contributed by atoms with Gasteiger partial charge in [-0.2, -0.15) is 0 Å². The van der Waals surface area contributed by atoms with Crippen LogP contribution in [0.25, 0.3) is 11.3 Å². The molecule has 0 aliphatic heterocycles. The maximum absolute atomic E-state index is 12.1. The number of carbonyl (C=O) groups excluding carboxylic acids is 1. The van der Waals surface area contributed by atoms with Gasteiger partial charge in [0.25, 0.3) is 5.91 Å². The van der Waals surface area contributed by atoms with Gasteiger partial charge in [0.2, 0.25) is 0 Å². The summed E-state index contributed by atoms with van der Waals surface area (Å²) in [7, 11) is 3.15. The maximum atomic E-state index is 12.1. The molecule has 1 aromatic carbocycles. The first kappa shape index (κ1) is 16.6. The molecule has 1 aromatic heterocycles. The number of amides is 1. The Balaban J connectivity index is 2.39. The molecule has 0 saturated heterocycles. The third-order valence-corrected chi connectivity index (χ3v) is 3.36. The van der Waals surface area contributed by atoms with Crippen LogP contribution >= 0.6 is 0 Å². The minimum absolute atomic E-state index is 0.228. The molecule has 0 unspecified atom stereocenters. The highest BCUT2D eigenvalue weighted by atomic mass is 16.5. The van der Waals surface area contributed by atoms with E-state index in [0.717, 1.165) is 12.0 Å². The number of methoxy groups -OCH3 is 2. The molecule has 2 aromatic rings. The van der Waals surface area contributed by atoms with Crippen molar-refractivity contribution in [3.63, 3.8) is 0 Å². The molecule has 0 radical (unpaired) electrons. The van der Waals surface area contributed by atoms with Crippen molar-refractivity contribution in [2.24, 2.45) is 0 Å². The zero-order valence-electron chi connectivity index (χ0n) is 13.6. The van der Waals surface area contributed by atoms with E-state index < -0.39 is 0 Å². The average Bonchev–Trinajstić information content (AvgIpc) is 2.59. The minimum atomic E-state index is -0.272. The second kappa shape index (κ2) is 7.49. The molecule has 0 fully saturated rings. The number of hydrogen-bond donors (Lipinski definition) is 2. The standard InChI is InChI=1S/C17H21N3O3/c1-4-9-19-17(21)16-12(18)6-7-13(20-16)11-5-8-14(22-2)15(10-11)23-3/h5-8,10H,4,9,18H2,1-3H3,(H,19,21). The highest BCUT2D eigenvalue weighted by Crippen LogP contribution is 2.32. The number of carbonyl (C=O) groups is 1. The summed E-state index contributed by atoms with van der Waals surface area (Å²) in [6, 6.07) is 8.91. The zero-order chi connectivity index (χ0) is 16.8. The number of rotatable bonds is 6. The highest BCUT2D eigenvalue weighted by Gasteiger charge is 2.14. The van der Waals surface area contributed by atoms with Crippen LogP contribution in [0.5, 0.6) is 11.5 Å². The van der Waals surface area contributed by atoms with Crippen molar-refractivity contribution in [3.05, 3.63) is 36.0 Å². The fourth-order valence-corrected chi connectivity index (χ4v) is 2.13. The van der Waals surface area contributed by atoms with Crippen LogP contribution in [0.3, 0.4) is 0 Å². The number of nitrogens with zero attached hydrogens (tertiary/aromatic N) is 1. The molecule has 0 atom stereocenters. The topological polar surface area (TPSA) is 86.5 Å². The molecule has 3 N–H and O–H groups in total. The molecule has 0 aliphatic carbocycles. The van der Waals surface area contributed by atoms with Crippen LogP contribution in [-0.2, 0) is 0 Å². The normalized spacial score (nSPS) is 10.2. The number of ether oxygens (including phenoxy) is 2. The molecule has 2 rings (SSSR count). The number of benzene rings is 1. The van der Waals surface area contributed by atoms with Crippen molar-refractivity contribution in [1.82, 2.24) is 10.3 Å². The lowest BCUT2D eigenvalue weighted by Crippen LogP contribution is -2.26. The lowest BCUT2D eigenvalue weighted by molar-refractivity contribution is 0.0950. The molecular weight excluding hydrogens is 294 g/mol. The summed E-state index contributed by atoms with van der Waals surface area (Å²) in [6.07, 6.45) is 0.848. The molecule has 0 spiro atoms. The molecule has 1 amide bonds. The molecule has 1 heterocycles. The Kier molecular flexibility index (Phi) is 5.41. The molecule has 122 valence electrons. The zero-order valence-corrected chi connectivity index (χ0v) is 13.6. The number of nitrogens with one attached hydrogen (secondary N) is 1. The third-order valence-electron chi connectivity index (χ3n) is 3.36. The molecule has 0 aliphatic rings. The van der Waals surface area contributed by atoms with Gasteiger partial charge in [-0.3, -0.25) is 4.79 Å². The Bertz CT molecular complexity index is 701. The summed E-state index contributed by atoms with van der Waals surface area (Å²) in [4.78, 5) is 16.5. The van der Waals surface area contributed by atoms with Crippen LogP contribution < -0.4 is 20.5 Å². The number of hydrogen-bond acceptors (Lipinski definition) is 5. The van der Waals surface area contributed by atoms with Gasteiger partial charge in [-0.15, -0.1) is 0 Å². The van der Waals surface area contributed by atoms with Crippen LogP contribution in [0.15, 0.2) is 30.3 Å². The Morgan fingerprint density at radius 2 is 1.91 bits per heavy atom. The van der Waals surface area contributed by atoms with Gasteiger partial charge in [-0.25, -0.2) is 4.98 Å². The van der Waals surface area contributed by atoms with E-state index in [2.05, 4.69) is 10.3 Å². The predicted octanol–water partition coefficient (Wildman–Crippen LogP) is 2.49. The predicted molar refractivity (Wildman–Crippen MR) is 89.8 cm³/mol. The number of aromatic nitrogens is 1. The van der Waals surface area contributed by atoms with Gasteiger partial charge in [0, 0.05) is 12.1 Å². The van der Waals surface area contributed by atoms with E-state index in [9.17, 15) is 4.79 Å². The minimum Gasteiger partial charge on any atom is -0.493 e. The summed E-state index contributed by atoms with van der Waals surface area (Å²) < 4.78 is 10.5. The smallest absolute Gasteiger partial charge is 0.272 e. The van der Waals surface area contributed by atoms with Gasteiger partial charge in [0.1, 0.15) is 0 Å². The van der Waals surface area contributed by atoms with E-state index in [1.54, 1.807) is 32.4 Å². The maximum Gasteiger partial charge on any atom is 0.272 e. The van der Waals surface area contributed by atoms with Crippen molar-refractivity contribution in [2.75, 3.05) is 26.5 Å². The monoisotopic (exact) mass is 315 g/mol. The molecule has 23 heavy (non-hydrogen) atoms. The fourth-order valence-electron chi connectivity index (χ4n) is 2.13. The Morgan fingerprint density at radius 3 is 2.57 bits per heavy atom. The first-order chi connectivity index (χ1) is 11.1. The van der Waals surface area contributed by atoms with E-state index in [-0.39, 0.29) is 11.6 Å². The van der Waals surface area contributed by atoms with Crippen molar-refractivity contribution in [1.29, 1.82) is 0 Å². The molecular formula is C17H21N3O3. The number of nitrogen functional groups attached to an aromatic ring is 1. The van der Waals surface area contributed by atoms with E-state index in [4.69, 9.17) is 15.2 Å². The first-order valence-corrected chi connectivity index (χ1v) is 7.37. The van der Waals surface area contributed by atoms with Gasteiger partial charge in [0.05, 0.1) is 25.6 Å². The molecule has 0 bridgehead atoms. The van der Waals surface area contributed by atoms with Crippen LogP contribution in [0.2, 0.25) is 0 Å². The Labute approximate surface area is 135 Å². The summed E-state index contributed by atoms with van der Waals surface area (Å²) in [6.45, 7) is 2.57. The average molecular weight is 315 g/mol. The van der Waals surface area contributed by atoms with Crippen LogP contribution in [-0.4, -0.2) is 31.7 Å². The Morgan fingerprint density at radius 1 is 1.17 bits per heavy atom. The summed E-state index contributed by atoms with van der Waals surface area (Å²) in [5, 5.41) is 2.78. The lowest BCUT2D eigenvalue weighted by atomic mass is 10.1. The van der Waals surface area contributed by atoms with Crippen LogP contribution in [0.1, 0.15) is 23.8 Å². The second-order valence-corrected chi connectivity index (χ2v) is 4.96. The van der Waals surface area contributed by atoms with E-state index in [0.29, 0.717) is 29.4 Å². The van der Waals surface area contributed by atoms with Gasteiger partial charge < -0.3 is 20.5 Å². The van der Waals surface area contributed by atoms with Gasteiger partial charge in [-0.05, 0) is 36.8 Å². The van der Waals surface area contributed by atoms with Crippen molar-refractivity contribution in [3.8, 4) is 22.8 Å². The van der Waals surface area contributed by atoms with E-state index in [1.807, 2.05) is 19.1 Å². The molecule has 6 heteroatoms. The number of nitrogens with two attached hydrogens (primary N) is 1. The van der Waals surface area contributed by atoms with Crippen molar-refractivity contribution in [2.45, 2.75) is 13.3 Å².